The van der Waals surface area contributed by atoms with Crippen molar-refractivity contribution in [3.63, 3.8) is 0 Å². The Hall–Kier alpha value is -4.06. The fourth-order valence-electron chi connectivity index (χ4n) is 3.31. The van der Waals surface area contributed by atoms with Crippen molar-refractivity contribution < 1.29 is 14.3 Å². The van der Waals surface area contributed by atoms with E-state index < -0.39 is 5.56 Å². The fraction of sp³-hybridized carbons (Fsp3) is 0.417. The number of rotatable bonds is 13. The zero-order valence-electron chi connectivity index (χ0n) is 20.5. The number of nitrogens with one attached hydrogen (secondary N) is 4. The molecule has 0 unspecified atom stereocenters. The van der Waals surface area contributed by atoms with Crippen molar-refractivity contribution in [1.29, 1.82) is 0 Å². The van der Waals surface area contributed by atoms with Crippen LogP contribution in [0.2, 0.25) is 0 Å². The zero-order valence-corrected chi connectivity index (χ0v) is 20.5. The van der Waals surface area contributed by atoms with Crippen molar-refractivity contribution >= 4 is 34.6 Å². The number of aromatic nitrogens is 4. The number of nitrogens with zero attached hydrogens (tertiary/aromatic N) is 3. The first-order chi connectivity index (χ1) is 17.4. The van der Waals surface area contributed by atoms with E-state index in [1.54, 1.807) is 24.3 Å². The van der Waals surface area contributed by atoms with Crippen LogP contribution < -0.4 is 27.2 Å². The van der Waals surface area contributed by atoms with E-state index in [-0.39, 0.29) is 35.0 Å². The third-order valence-corrected chi connectivity index (χ3v) is 5.21. The summed E-state index contributed by atoms with van der Waals surface area (Å²) in [5.74, 6) is -0.290. The number of nitrogens with two attached hydrogens (primary N) is 1. The Morgan fingerprint density at radius 1 is 1.17 bits per heavy atom. The number of nitrogen functional groups attached to an aromatic ring is 1. The molecule has 192 valence electrons. The lowest BCUT2D eigenvalue weighted by Crippen LogP contribution is -2.34. The SMILES string of the molecule is CCCOCCNC(=O)CC[C@@H](C)NC(=O)c1ccc(NCc2cnc3nc(N)[nH]c(=O)c3n2)cc1. The Kier molecular flexibility index (Phi) is 9.69. The van der Waals surface area contributed by atoms with Gasteiger partial charge in [-0.2, -0.15) is 4.98 Å². The molecule has 0 bridgehead atoms. The molecule has 2 heterocycles. The van der Waals surface area contributed by atoms with Gasteiger partial charge in [0.15, 0.2) is 11.2 Å². The molecular formula is C24H32N8O4. The van der Waals surface area contributed by atoms with E-state index in [0.29, 0.717) is 50.4 Å². The maximum Gasteiger partial charge on any atom is 0.280 e. The number of amides is 2. The predicted molar refractivity (Wildman–Crippen MR) is 136 cm³/mol. The van der Waals surface area contributed by atoms with Gasteiger partial charge in [0, 0.05) is 36.9 Å². The number of carbonyl (C=O) groups excluding carboxylic acids is 2. The molecule has 2 aromatic heterocycles. The van der Waals surface area contributed by atoms with Crippen molar-refractivity contribution in [3.8, 4) is 0 Å². The second-order valence-electron chi connectivity index (χ2n) is 8.29. The normalized spacial score (nSPS) is 11.7. The molecular weight excluding hydrogens is 464 g/mol. The van der Waals surface area contributed by atoms with Gasteiger partial charge in [-0.1, -0.05) is 6.92 Å². The smallest absolute Gasteiger partial charge is 0.280 e. The first kappa shape index (κ1) is 26.5. The molecule has 0 radical (unpaired) electrons. The number of H-pyrrole nitrogens is 1. The monoisotopic (exact) mass is 496 g/mol. The minimum Gasteiger partial charge on any atom is -0.380 e. The highest BCUT2D eigenvalue weighted by molar-refractivity contribution is 5.94. The molecule has 0 saturated carbocycles. The van der Waals surface area contributed by atoms with Crippen LogP contribution in [0.25, 0.3) is 11.2 Å². The van der Waals surface area contributed by atoms with Crippen LogP contribution in [-0.2, 0) is 16.1 Å². The number of carbonyl (C=O) groups is 2. The second kappa shape index (κ2) is 13.1. The molecule has 3 aromatic rings. The Bertz CT molecular complexity index is 1230. The fourth-order valence-corrected chi connectivity index (χ4v) is 3.31. The Morgan fingerprint density at radius 3 is 2.69 bits per heavy atom. The molecule has 6 N–H and O–H groups in total. The molecule has 12 heteroatoms. The lowest BCUT2D eigenvalue weighted by Gasteiger charge is -2.14. The second-order valence-corrected chi connectivity index (χ2v) is 8.29. The van der Waals surface area contributed by atoms with Crippen LogP contribution in [0.1, 0.15) is 49.2 Å². The summed E-state index contributed by atoms with van der Waals surface area (Å²) in [7, 11) is 0. The maximum absolute atomic E-state index is 12.5. The van der Waals surface area contributed by atoms with Gasteiger partial charge in [0.2, 0.25) is 11.9 Å². The third kappa shape index (κ3) is 8.01. The van der Waals surface area contributed by atoms with Gasteiger partial charge in [0.1, 0.15) is 0 Å². The maximum atomic E-state index is 12.5. The molecule has 12 nitrogen and oxygen atoms in total. The van der Waals surface area contributed by atoms with Gasteiger partial charge >= 0.3 is 0 Å². The van der Waals surface area contributed by atoms with Gasteiger partial charge in [-0.05, 0) is 44.0 Å². The predicted octanol–water partition coefficient (Wildman–Crippen LogP) is 1.35. The molecule has 36 heavy (non-hydrogen) atoms. The van der Waals surface area contributed by atoms with Gasteiger partial charge in [-0.25, -0.2) is 9.97 Å². The summed E-state index contributed by atoms with van der Waals surface area (Å²) in [5.41, 5.74) is 7.19. The van der Waals surface area contributed by atoms with E-state index in [0.717, 1.165) is 12.1 Å². The number of fused-ring (bicyclic) bond motifs is 1. The lowest BCUT2D eigenvalue weighted by atomic mass is 10.1. The van der Waals surface area contributed by atoms with E-state index in [9.17, 15) is 14.4 Å². The lowest BCUT2D eigenvalue weighted by molar-refractivity contribution is -0.121. The van der Waals surface area contributed by atoms with Crippen LogP contribution >= 0.6 is 0 Å². The molecule has 0 aliphatic rings. The van der Waals surface area contributed by atoms with Gasteiger partial charge in [-0.15, -0.1) is 0 Å². The first-order valence-electron chi connectivity index (χ1n) is 11.9. The molecule has 1 atom stereocenters. The highest BCUT2D eigenvalue weighted by atomic mass is 16.5. The molecule has 0 fully saturated rings. The average Bonchev–Trinajstić information content (AvgIpc) is 2.86. The number of hydrogen-bond donors (Lipinski definition) is 5. The number of aromatic amines is 1. The summed E-state index contributed by atoms with van der Waals surface area (Å²) in [6.07, 6.45) is 3.32. The first-order valence-corrected chi connectivity index (χ1v) is 11.9. The van der Waals surface area contributed by atoms with Gasteiger partial charge in [-0.3, -0.25) is 19.4 Å². The van der Waals surface area contributed by atoms with Crippen molar-refractivity contribution in [1.82, 2.24) is 30.6 Å². The number of benzene rings is 1. The van der Waals surface area contributed by atoms with Crippen LogP contribution in [-0.4, -0.2) is 57.6 Å². The highest BCUT2D eigenvalue weighted by Gasteiger charge is 2.12. The Labute approximate surface area is 208 Å². The molecule has 0 aliphatic heterocycles. The summed E-state index contributed by atoms with van der Waals surface area (Å²) in [4.78, 5) is 51.2. The van der Waals surface area contributed by atoms with Gasteiger partial charge < -0.3 is 26.4 Å². The molecule has 1 aromatic carbocycles. The van der Waals surface area contributed by atoms with Crippen LogP contribution in [0.3, 0.4) is 0 Å². The Morgan fingerprint density at radius 2 is 1.94 bits per heavy atom. The van der Waals surface area contributed by atoms with E-state index in [4.69, 9.17) is 10.5 Å². The summed E-state index contributed by atoms with van der Waals surface area (Å²) >= 11 is 0. The van der Waals surface area contributed by atoms with Crippen LogP contribution in [0.4, 0.5) is 11.6 Å². The van der Waals surface area contributed by atoms with Crippen LogP contribution in [0.5, 0.6) is 0 Å². The van der Waals surface area contributed by atoms with Crippen molar-refractivity contribution in [2.75, 3.05) is 30.8 Å². The van der Waals surface area contributed by atoms with Gasteiger partial charge in [0.05, 0.1) is 25.0 Å². The standard InChI is InChI=1S/C24H32N8O4/c1-3-11-36-12-10-26-19(33)9-4-15(2)29-22(34)16-5-7-17(8-6-16)27-13-18-14-28-21-20(30-18)23(35)32-24(25)31-21/h5-8,14-15,27H,3-4,9-13H2,1-2H3,(H,26,33)(H,29,34)(H3,25,28,31,32,35)/t15-/m1/s1. The van der Waals surface area contributed by atoms with Gasteiger partial charge in [0.25, 0.3) is 11.5 Å². The number of hydrogen-bond acceptors (Lipinski definition) is 9. The summed E-state index contributed by atoms with van der Waals surface area (Å²) in [6.45, 7) is 5.89. The molecule has 3 rings (SSSR count). The van der Waals surface area contributed by atoms with Crippen molar-refractivity contribution in [2.24, 2.45) is 0 Å². The minimum absolute atomic E-state index is 0.0135. The van der Waals surface area contributed by atoms with Crippen molar-refractivity contribution in [2.45, 2.75) is 45.7 Å². The molecule has 0 aliphatic carbocycles. The van der Waals surface area contributed by atoms with E-state index >= 15 is 0 Å². The van der Waals surface area contributed by atoms with Crippen LogP contribution in [0, 0.1) is 0 Å². The molecule has 0 spiro atoms. The van der Waals surface area contributed by atoms with Crippen molar-refractivity contribution in [3.05, 3.63) is 52.1 Å². The quantitative estimate of drug-likeness (QED) is 0.219. The van der Waals surface area contributed by atoms with E-state index in [1.807, 2.05) is 13.8 Å². The number of anilines is 2. The molecule has 0 saturated heterocycles. The van der Waals surface area contributed by atoms with E-state index in [1.165, 1.54) is 6.20 Å². The Balaban J connectivity index is 1.43. The number of ether oxygens (including phenoxy) is 1. The summed E-state index contributed by atoms with van der Waals surface area (Å²) < 4.78 is 5.33. The van der Waals surface area contributed by atoms with Crippen LogP contribution in [0.15, 0.2) is 35.3 Å². The molecule has 2 amide bonds. The summed E-state index contributed by atoms with van der Waals surface area (Å²) in [6, 6.07) is 6.80. The highest BCUT2D eigenvalue weighted by Crippen LogP contribution is 2.12. The topological polar surface area (TPSA) is 177 Å². The zero-order chi connectivity index (χ0) is 25.9. The van der Waals surface area contributed by atoms with E-state index in [2.05, 4.69) is 35.9 Å². The largest absolute Gasteiger partial charge is 0.380 e. The average molecular weight is 497 g/mol. The summed E-state index contributed by atoms with van der Waals surface area (Å²) in [5, 5.41) is 8.90. The third-order valence-electron chi connectivity index (χ3n) is 5.21. The minimum atomic E-state index is -0.450.